The van der Waals surface area contributed by atoms with Crippen molar-refractivity contribution in [3.8, 4) is 5.69 Å². The van der Waals surface area contributed by atoms with Crippen LogP contribution in [-0.4, -0.2) is 21.6 Å². The molecule has 1 aliphatic heterocycles. The molecule has 5 rings (SSSR count). The van der Waals surface area contributed by atoms with Gasteiger partial charge in [-0.15, -0.1) is 11.3 Å². The molecule has 2 aromatic carbocycles. The van der Waals surface area contributed by atoms with Gasteiger partial charge in [0, 0.05) is 23.7 Å². The number of benzene rings is 2. The summed E-state index contributed by atoms with van der Waals surface area (Å²) in [5.41, 5.74) is 2.13. The van der Waals surface area contributed by atoms with Gasteiger partial charge in [0.2, 0.25) is 5.91 Å². The van der Waals surface area contributed by atoms with Crippen molar-refractivity contribution in [1.29, 1.82) is 0 Å². The van der Waals surface area contributed by atoms with Crippen LogP contribution in [0, 0.1) is 0 Å². The molecule has 0 spiro atoms. The Kier molecular flexibility index (Phi) is 5.00. The van der Waals surface area contributed by atoms with Crippen molar-refractivity contribution in [3.63, 3.8) is 0 Å². The van der Waals surface area contributed by atoms with Gasteiger partial charge >= 0.3 is 5.69 Å². The van der Waals surface area contributed by atoms with Gasteiger partial charge in [0.25, 0.3) is 5.56 Å². The van der Waals surface area contributed by atoms with Crippen LogP contribution in [0.2, 0.25) is 5.02 Å². The van der Waals surface area contributed by atoms with E-state index in [2.05, 4.69) is 0 Å². The molecule has 31 heavy (non-hydrogen) atoms. The summed E-state index contributed by atoms with van der Waals surface area (Å²) < 4.78 is 3.32. The number of thiophene rings is 1. The molecule has 0 N–H and O–H groups in total. The number of amides is 1. The van der Waals surface area contributed by atoms with Gasteiger partial charge < -0.3 is 4.90 Å². The summed E-state index contributed by atoms with van der Waals surface area (Å²) in [5.74, 6) is 0.138. The third-order valence-corrected chi connectivity index (χ3v) is 6.65. The fourth-order valence-electron chi connectivity index (χ4n) is 3.94. The second-order valence-corrected chi connectivity index (χ2v) is 8.79. The molecule has 6 nitrogen and oxygen atoms in total. The molecule has 0 radical (unpaired) electrons. The SMILES string of the molecule is O=C1CCCN1c1ccc(Cn2c(=O)n(-c3ccc(Cl)cc3)c(=O)c3sccc32)cc1. The zero-order chi connectivity index (χ0) is 21.5. The van der Waals surface area contributed by atoms with Crippen molar-refractivity contribution in [3.05, 3.63) is 91.4 Å². The normalized spacial score (nSPS) is 14.0. The van der Waals surface area contributed by atoms with Gasteiger partial charge in [-0.05, 0) is 59.8 Å². The molecule has 1 fully saturated rings. The average molecular weight is 452 g/mol. The minimum atomic E-state index is -0.406. The summed E-state index contributed by atoms with van der Waals surface area (Å²) in [6.45, 7) is 1.05. The van der Waals surface area contributed by atoms with Crippen LogP contribution in [0.1, 0.15) is 18.4 Å². The van der Waals surface area contributed by atoms with Crippen molar-refractivity contribution in [1.82, 2.24) is 9.13 Å². The number of nitrogens with zero attached hydrogens (tertiary/aromatic N) is 3. The van der Waals surface area contributed by atoms with E-state index in [0.717, 1.165) is 24.2 Å². The summed E-state index contributed by atoms with van der Waals surface area (Å²) >= 11 is 7.29. The Bertz CT molecular complexity index is 1400. The van der Waals surface area contributed by atoms with E-state index >= 15 is 0 Å². The van der Waals surface area contributed by atoms with Crippen molar-refractivity contribution in [2.75, 3.05) is 11.4 Å². The van der Waals surface area contributed by atoms with E-state index in [1.807, 2.05) is 29.6 Å². The van der Waals surface area contributed by atoms with Gasteiger partial charge in [0.05, 0.1) is 17.7 Å². The fourth-order valence-corrected chi connectivity index (χ4v) is 4.89. The summed E-state index contributed by atoms with van der Waals surface area (Å²) in [4.78, 5) is 40.1. The minimum absolute atomic E-state index is 0.138. The lowest BCUT2D eigenvalue weighted by molar-refractivity contribution is -0.117. The van der Waals surface area contributed by atoms with Crippen LogP contribution in [0.15, 0.2) is 69.6 Å². The largest absolute Gasteiger partial charge is 0.336 e. The van der Waals surface area contributed by atoms with E-state index in [4.69, 9.17) is 11.6 Å². The van der Waals surface area contributed by atoms with Gasteiger partial charge in [0.15, 0.2) is 0 Å². The number of rotatable bonds is 4. The van der Waals surface area contributed by atoms with E-state index in [1.165, 1.54) is 15.9 Å². The first-order chi connectivity index (χ1) is 15.0. The van der Waals surface area contributed by atoms with Crippen LogP contribution >= 0.6 is 22.9 Å². The van der Waals surface area contributed by atoms with Crippen LogP contribution < -0.4 is 16.1 Å². The quantitative estimate of drug-likeness (QED) is 0.470. The van der Waals surface area contributed by atoms with Crippen LogP contribution in [0.5, 0.6) is 0 Å². The van der Waals surface area contributed by atoms with Crippen molar-refractivity contribution < 1.29 is 4.79 Å². The van der Waals surface area contributed by atoms with Crippen LogP contribution in [0.25, 0.3) is 15.9 Å². The summed E-state index contributed by atoms with van der Waals surface area (Å²) in [6.07, 6.45) is 1.46. The van der Waals surface area contributed by atoms with Crippen LogP contribution in [-0.2, 0) is 11.3 Å². The number of anilines is 1. The van der Waals surface area contributed by atoms with Gasteiger partial charge in [0.1, 0.15) is 4.70 Å². The molecule has 8 heteroatoms. The Morgan fingerprint density at radius 1 is 0.903 bits per heavy atom. The number of hydrogen-bond donors (Lipinski definition) is 0. The molecule has 0 bridgehead atoms. The predicted molar refractivity (Wildman–Crippen MR) is 124 cm³/mol. The van der Waals surface area contributed by atoms with E-state index in [-0.39, 0.29) is 11.5 Å². The Morgan fingerprint density at radius 2 is 1.61 bits per heavy atom. The highest BCUT2D eigenvalue weighted by Crippen LogP contribution is 2.23. The molecule has 3 heterocycles. The second-order valence-electron chi connectivity index (χ2n) is 7.44. The van der Waals surface area contributed by atoms with Crippen LogP contribution in [0.3, 0.4) is 0 Å². The number of carbonyl (C=O) groups excluding carboxylic acids is 1. The number of halogens is 1. The van der Waals surface area contributed by atoms with Gasteiger partial charge in [-0.3, -0.25) is 14.2 Å². The molecule has 1 aliphatic rings. The maximum absolute atomic E-state index is 13.4. The zero-order valence-electron chi connectivity index (χ0n) is 16.5. The molecule has 0 unspecified atom stereocenters. The zero-order valence-corrected chi connectivity index (χ0v) is 18.0. The van der Waals surface area contributed by atoms with Crippen molar-refractivity contribution >= 4 is 44.7 Å². The molecular weight excluding hydrogens is 434 g/mol. The Morgan fingerprint density at radius 3 is 2.29 bits per heavy atom. The molecule has 0 atom stereocenters. The third kappa shape index (κ3) is 3.49. The lowest BCUT2D eigenvalue weighted by Gasteiger charge is -2.16. The predicted octanol–water partition coefficient (Wildman–Crippen LogP) is 4.04. The topological polar surface area (TPSA) is 64.3 Å². The van der Waals surface area contributed by atoms with E-state index in [1.54, 1.807) is 39.8 Å². The molecule has 2 aromatic heterocycles. The molecule has 1 amide bonds. The lowest BCUT2D eigenvalue weighted by Crippen LogP contribution is -2.38. The summed E-state index contributed by atoms with van der Waals surface area (Å²) in [7, 11) is 0. The summed E-state index contributed by atoms with van der Waals surface area (Å²) in [5, 5.41) is 2.35. The van der Waals surface area contributed by atoms with E-state index in [0.29, 0.717) is 33.9 Å². The number of hydrogen-bond acceptors (Lipinski definition) is 4. The first-order valence-electron chi connectivity index (χ1n) is 9.91. The van der Waals surface area contributed by atoms with Crippen molar-refractivity contribution in [2.45, 2.75) is 19.4 Å². The van der Waals surface area contributed by atoms with E-state index < -0.39 is 5.69 Å². The molecule has 4 aromatic rings. The van der Waals surface area contributed by atoms with E-state index in [9.17, 15) is 14.4 Å². The van der Waals surface area contributed by atoms with Gasteiger partial charge in [-0.2, -0.15) is 0 Å². The Balaban J connectivity index is 1.58. The maximum Gasteiger partial charge on any atom is 0.336 e. The second kappa shape index (κ2) is 7.83. The molecule has 156 valence electrons. The average Bonchev–Trinajstić information content (AvgIpc) is 3.42. The molecular formula is C23H18ClN3O3S. The van der Waals surface area contributed by atoms with Gasteiger partial charge in [-0.1, -0.05) is 23.7 Å². The molecule has 0 saturated carbocycles. The van der Waals surface area contributed by atoms with Crippen molar-refractivity contribution in [2.24, 2.45) is 0 Å². The highest BCUT2D eigenvalue weighted by molar-refractivity contribution is 7.17. The molecule has 1 saturated heterocycles. The number of carbonyl (C=O) groups is 1. The monoisotopic (exact) mass is 451 g/mol. The van der Waals surface area contributed by atoms with Crippen LogP contribution in [0.4, 0.5) is 5.69 Å². The highest BCUT2D eigenvalue weighted by Gasteiger charge is 2.21. The van der Waals surface area contributed by atoms with Gasteiger partial charge in [-0.25, -0.2) is 9.36 Å². The maximum atomic E-state index is 13.4. The third-order valence-electron chi connectivity index (χ3n) is 5.50. The number of fused-ring (bicyclic) bond motifs is 1. The Hall–Kier alpha value is -3.16. The highest BCUT2D eigenvalue weighted by atomic mass is 35.5. The molecule has 0 aliphatic carbocycles. The standard InChI is InChI=1S/C23H18ClN3O3S/c24-16-5-9-18(10-6-16)27-22(29)21-19(11-13-31-21)26(23(27)30)14-15-3-7-17(8-4-15)25-12-1-2-20(25)28/h3-11,13H,1-2,12,14H2. The first-order valence-corrected chi connectivity index (χ1v) is 11.2. The smallest absolute Gasteiger partial charge is 0.312 e. The summed E-state index contributed by atoms with van der Waals surface area (Å²) in [6, 6.07) is 16.1. The lowest BCUT2D eigenvalue weighted by atomic mass is 10.2. The number of aromatic nitrogens is 2. The minimum Gasteiger partial charge on any atom is -0.312 e. The fraction of sp³-hybridized carbons (Fsp3) is 0.174. The Labute approximate surface area is 186 Å². The first kappa shape index (κ1) is 19.8.